The third kappa shape index (κ3) is 3.86. The molecule has 0 aliphatic rings. The van der Waals surface area contributed by atoms with Crippen molar-refractivity contribution in [1.82, 2.24) is 29.3 Å². The van der Waals surface area contributed by atoms with Crippen LogP contribution < -0.4 is 0 Å². The van der Waals surface area contributed by atoms with Crippen LogP contribution in [0.25, 0.3) is 16.9 Å². The monoisotopic (exact) mass is 438 g/mol. The van der Waals surface area contributed by atoms with Crippen LogP contribution in [0.15, 0.2) is 42.7 Å². The second kappa shape index (κ2) is 8.49. The topological polar surface area (TPSA) is 68.3 Å². The molecular formula is C23H24F2N6O. The molecule has 0 saturated heterocycles. The van der Waals surface area contributed by atoms with Gasteiger partial charge < -0.3 is 4.90 Å². The molecule has 0 aliphatic heterocycles. The van der Waals surface area contributed by atoms with Crippen LogP contribution in [0.2, 0.25) is 0 Å². The quantitative estimate of drug-likeness (QED) is 0.446. The van der Waals surface area contributed by atoms with Crippen LogP contribution >= 0.6 is 0 Å². The Balaban J connectivity index is 1.74. The molecule has 0 atom stereocenters. The Labute approximate surface area is 184 Å². The molecule has 0 N–H and O–H groups in total. The fraction of sp³-hybridized carbons (Fsp3) is 0.304. The van der Waals surface area contributed by atoms with E-state index in [1.807, 2.05) is 49.7 Å². The third-order valence-electron chi connectivity index (χ3n) is 5.56. The van der Waals surface area contributed by atoms with E-state index in [-0.39, 0.29) is 22.8 Å². The molecule has 0 fully saturated rings. The Kier molecular flexibility index (Phi) is 5.73. The summed E-state index contributed by atoms with van der Waals surface area (Å²) >= 11 is 0. The summed E-state index contributed by atoms with van der Waals surface area (Å²) in [5.74, 6) is -0.350. The van der Waals surface area contributed by atoms with Crippen LogP contribution in [0.5, 0.6) is 0 Å². The average Bonchev–Trinajstić information content (AvgIpc) is 3.36. The van der Waals surface area contributed by atoms with E-state index in [9.17, 15) is 13.6 Å². The number of carbonyl (C=O) groups excluding carboxylic acids is 1. The van der Waals surface area contributed by atoms with Gasteiger partial charge in [0.2, 0.25) is 0 Å². The van der Waals surface area contributed by atoms with Gasteiger partial charge in [0.25, 0.3) is 12.3 Å². The standard InChI is InChI=1S/C23H24F2N6O/c1-5-30-15(3)17(11-26-30)13-29(4)23(32)18-12-27-31-20(21(24)25)10-19(28-22(18)31)16-8-6-14(2)7-9-16/h6-12,21H,5,13H2,1-4H3. The fourth-order valence-electron chi connectivity index (χ4n) is 3.66. The number of carbonyl (C=O) groups is 1. The lowest BCUT2D eigenvalue weighted by molar-refractivity contribution is 0.0786. The predicted octanol–water partition coefficient (Wildman–Crippen LogP) is 4.44. The molecule has 0 unspecified atom stereocenters. The zero-order chi connectivity index (χ0) is 23.0. The third-order valence-corrected chi connectivity index (χ3v) is 5.56. The number of amides is 1. The second-order valence-corrected chi connectivity index (χ2v) is 7.76. The number of nitrogens with zero attached hydrogens (tertiary/aromatic N) is 6. The first kappa shape index (κ1) is 21.6. The van der Waals surface area contributed by atoms with E-state index >= 15 is 0 Å². The number of hydrogen-bond donors (Lipinski definition) is 0. The van der Waals surface area contributed by atoms with Gasteiger partial charge in [-0.05, 0) is 26.8 Å². The van der Waals surface area contributed by atoms with Gasteiger partial charge in [0.15, 0.2) is 5.65 Å². The molecule has 4 rings (SSSR count). The molecule has 9 heteroatoms. The summed E-state index contributed by atoms with van der Waals surface area (Å²) in [7, 11) is 1.66. The van der Waals surface area contributed by atoms with Crippen LogP contribution in [0.4, 0.5) is 8.78 Å². The summed E-state index contributed by atoms with van der Waals surface area (Å²) in [5, 5.41) is 8.35. The van der Waals surface area contributed by atoms with E-state index in [0.717, 1.165) is 27.9 Å². The van der Waals surface area contributed by atoms with Gasteiger partial charge in [-0.3, -0.25) is 9.48 Å². The molecule has 0 radical (unpaired) electrons. The van der Waals surface area contributed by atoms with Crippen LogP contribution in [-0.4, -0.2) is 42.2 Å². The number of hydrogen-bond acceptors (Lipinski definition) is 4. The highest BCUT2D eigenvalue weighted by molar-refractivity contribution is 5.99. The number of halogens is 2. The van der Waals surface area contributed by atoms with Crippen molar-refractivity contribution in [1.29, 1.82) is 0 Å². The van der Waals surface area contributed by atoms with E-state index in [1.165, 1.54) is 17.2 Å². The summed E-state index contributed by atoms with van der Waals surface area (Å²) in [5.41, 5.74) is 3.97. The van der Waals surface area contributed by atoms with E-state index in [1.54, 1.807) is 13.2 Å². The summed E-state index contributed by atoms with van der Waals surface area (Å²) < 4.78 is 30.5. The van der Waals surface area contributed by atoms with Gasteiger partial charge in [0, 0.05) is 37.0 Å². The Morgan fingerprint density at radius 2 is 1.84 bits per heavy atom. The van der Waals surface area contributed by atoms with Crippen molar-refractivity contribution in [2.24, 2.45) is 0 Å². The lowest BCUT2D eigenvalue weighted by Gasteiger charge is -2.16. The second-order valence-electron chi connectivity index (χ2n) is 7.76. The molecule has 1 aromatic carbocycles. The first-order valence-corrected chi connectivity index (χ1v) is 10.3. The van der Waals surface area contributed by atoms with Crippen LogP contribution in [0, 0.1) is 13.8 Å². The smallest absolute Gasteiger partial charge is 0.280 e. The highest BCUT2D eigenvalue weighted by Crippen LogP contribution is 2.27. The van der Waals surface area contributed by atoms with Gasteiger partial charge in [-0.25, -0.2) is 18.3 Å². The number of aromatic nitrogens is 5. The number of rotatable bonds is 6. The van der Waals surface area contributed by atoms with Crippen molar-refractivity contribution in [3.8, 4) is 11.3 Å². The van der Waals surface area contributed by atoms with E-state index < -0.39 is 6.43 Å². The molecule has 166 valence electrons. The predicted molar refractivity (Wildman–Crippen MR) is 117 cm³/mol. The number of alkyl halides is 2. The molecule has 0 spiro atoms. The van der Waals surface area contributed by atoms with Gasteiger partial charge in [-0.2, -0.15) is 10.2 Å². The maximum atomic E-state index is 13.8. The number of fused-ring (bicyclic) bond motifs is 1. The minimum absolute atomic E-state index is 0.108. The largest absolute Gasteiger partial charge is 0.337 e. The minimum Gasteiger partial charge on any atom is -0.337 e. The Hall–Kier alpha value is -3.62. The first-order valence-electron chi connectivity index (χ1n) is 10.3. The fourth-order valence-corrected chi connectivity index (χ4v) is 3.66. The van der Waals surface area contributed by atoms with E-state index in [2.05, 4.69) is 15.2 Å². The molecule has 7 nitrogen and oxygen atoms in total. The molecule has 4 aromatic rings. The van der Waals surface area contributed by atoms with Crippen molar-refractivity contribution in [2.75, 3.05) is 7.05 Å². The van der Waals surface area contributed by atoms with Crippen molar-refractivity contribution < 1.29 is 13.6 Å². The Morgan fingerprint density at radius 1 is 1.12 bits per heavy atom. The molecule has 0 bridgehead atoms. The lowest BCUT2D eigenvalue weighted by Crippen LogP contribution is -2.26. The zero-order valence-corrected chi connectivity index (χ0v) is 18.4. The molecule has 0 saturated carbocycles. The molecule has 3 aromatic heterocycles. The Bertz CT molecular complexity index is 1280. The highest BCUT2D eigenvalue weighted by atomic mass is 19.3. The normalized spacial score (nSPS) is 11.5. The van der Waals surface area contributed by atoms with Gasteiger partial charge >= 0.3 is 0 Å². The van der Waals surface area contributed by atoms with Crippen molar-refractivity contribution >= 4 is 11.6 Å². The van der Waals surface area contributed by atoms with Gasteiger partial charge in [0.1, 0.15) is 11.3 Å². The molecule has 1 amide bonds. The number of benzene rings is 1. The maximum absolute atomic E-state index is 13.8. The van der Waals surface area contributed by atoms with Crippen LogP contribution in [0.1, 0.15) is 46.2 Å². The summed E-state index contributed by atoms with van der Waals surface area (Å²) in [4.78, 5) is 19.2. The van der Waals surface area contributed by atoms with Gasteiger partial charge in [-0.15, -0.1) is 0 Å². The molecule has 0 aliphatic carbocycles. The molecule has 32 heavy (non-hydrogen) atoms. The summed E-state index contributed by atoms with van der Waals surface area (Å²) in [6.07, 6.45) is 0.267. The molecular weight excluding hydrogens is 414 g/mol. The van der Waals surface area contributed by atoms with Crippen molar-refractivity contribution in [2.45, 2.75) is 40.3 Å². The van der Waals surface area contributed by atoms with E-state index in [0.29, 0.717) is 17.8 Å². The first-order chi connectivity index (χ1) is 15.3. The van der Waals surface area contributed by atoms with Crippen LogP contribution in [0.3, 0.4) is 0 Å². The van der Waals surface area contributed by atoms with Gasteiger partial charge in [-0.1, -0.05) is 29.8 Å². The summed E-state index contributed by atoms with van der Waals surface area (Å²) in [6.45, 7) is 6.96. The summed E-state index contributed by atoms with van der Waals surface area (Å²) in [6, 6.07) is 8.73. The average molecular weight is 438 g/mol. The lowest BCUT2D eigenvalue weighted by atomic mass is 10.1. The highest BCUT2D eigenvalue weighted by Gasteiger charge is 2.24. The SMILES string of the molecule is CCn1ncc(CN(C)C(=O)c2cnn3c(C(F)F)cc(-c4ccc(C)cc4)nc23)c1C. The molecule has 3 heterocycles. The van der Waals surface area contributed by atoms with Crippen molar-refractivity contribution in [3.63, 3.8) is 0 Å². The maximum Gasteiger partial charge on any atom is 0.280 e. The Morgan fingerprint density at radius 3 is 2.47 bits per heavy atom. The van der Waals surface area contributed by atoms with Crippen molar-refractivity contribution in [3.05, 3.63) is 70.8 Å². The minimum atomic E-state index is -2.77. The van der Waals surface area contributed by atoms with Gasteiger partial charge in [0.05, 0.1) is 18.1 Å². The zero-order valence-electron chi connectivity index (χ0n) is 18.4. The van der Waals surface area contributed by atoms with Crippen LogP contribution in [-0.2, 0) is 13.1 Å². The number of aryl methyl sites for hydroxylation is 2. The van der Waals surface area contributed by atoms with E-state index in [4.69, 9.17) is 0 Å².